The molecule has 1 radical (unpaired) electrons. The van der Waals surface area contributed by atoms with E-state index in [1.165, 1.54) is 6.08 Å². The molecule has 0 heterocycles. The Labute approximate surface area is 54.6 Å². The van der Waals surface area contributed by atoms with Crippen LogP contribution in [0.3, 0.4) is 0 Å². The third-order valence-electron chi connectivity index (χ3n) is 0.820. The van der Waals surface area contributed by atoms with E-state index in [4.69, 9.17) is 16.4 Å². The molecule has 0 atom stereocenters. The Morgan fingerprint density at radius 1 is 1.56 bits per heavy atom. The maximum Gasteiger partial charge on any atom is 0.325 e. The van der Waals surface area contributed by atoms with E-state index in [1.54, 1.807) is 0 Å². The molecule has 0 fully saturated rings. The van der Waals surface area contributed by atoms with Crippen molar-refractivity contribution in [2.24, 2.45) is 0 Å². The van der Waals surface area contributed by atoms with Crippen LogP contribution in [0.4, 0.5) is 0 Å². The summed E-state index contributed by atoms with van der Waals surface area (Å²) in [7, 11) is -3.77. The van der Waals surface area contributed by atoms with E-state index in [2.05, 4.69) is 0 Å². The largest absolute Gasteiger partial charge is 0.325 e. The van der Waals surface area contributed by atoms with Crippen molar-refractivity contribution >= 4 is 7.60 Å². The van der Waals surface area contributed by atoms with Gasteiger partial charge in [0.05, 0.1) is 6.16 Å². The van der Waals surface area contributed by atoms with Crippen LogP contribution in [0.2, 0.25) is 0 Å². The quantitative estimate of drug-likeness (QED) is 0.461. The zero-order chi connectivity index (χ0) is 7.33. The van der Waals surface area contributed by atoms with Gasteiger partial charge in [-0.25, -0.2) is 0 Å². The molecule has 4 heteroatoms. The molecule has 9 heavy (non-hydrogen) atoms. The molecule has 0 aromatic carbocycles. The lowest BCUT2D eigenvalue weighted by molar-refractivity contribution is 0.372. The lowest BCUT2D eigenvalue weighted by Crippen LogP contribution is -1.85. The highest BCUT2D eigenvalue weighted by Gasteiger charge is 2.09. The first-order chi connectivity index (χ1) is 4.06. The van der Waals surface area contributed by atoms with Crippen molar-refractivity contribution in [2.45, 2.75) is 12.8 Å². The second kappa shape index (κ2) is 3.83. The molecular formula is C5H10O3P. The highest BCUT2D eigenvalue weighted by Crippen LogP contribution is 2.35. The highest BCUT2D eigenvalue weighted by molar-refractivity contribution is 7.51. The lowest BCUT2D eigenvalue weighted by atomic mass is 10.3. The molecule has 0 saturated carbocycles. The second-order valence-corrected chi connectivity index (χ2v) is 3.54. The SMILES string of the molecule is [CH]=CCCCP(=O)(O)O. The zero-order valence-electron chi connectivity index (χ0n) is 5.03. The van der Waals surface area contributed by atoms with Gasteiger partial charge in [0.2, 0.25) is 0 Å². The van der Waals surface area contributed by atoms with E-state index >= 15 is 0 Å². The number of unbranched alkanes of at least 4 members (excludes halogenated alkanes) is 1. The predicted molar refractivity (Wildman–Crippen MR) is 35.0 cm³/mol. The third-order valence-corrected chi connectivity index (χ3v) is 1.72. The van der Waals surface area contributed by atoms with E-state index in [0.29, 0.717) is 12.8 Å². The van der Waals surface area contributed by atoms with Gasteiger partial charge < -0.3 is 9.79 Å². The Balaban J connectivity index is 3.28. The summed E-state index contributed by atoms with van der Waals surface area (Å²) < 4.78 is 10.1. The molecule has 0 aliphatic carbocycles. The molecule has 0 unspecified atom stereocenters. The summed E-state index contributed by atoms with van der Waals surface area (Å²) in [6.45, 7) is 4.98. The summed E-state index contributed by atoms with van der Waals surface area (Å²) in [4.78, 5) is 16.6. The molecule has 3 nitrogen and oxygen atoms in total. The van der Waals surface area contributed by atoms with Gasteiger partial charge in [-0.2, -0.15) is 0 Å². The van der Waals surface area contributed by atoms with Crippen molar-refractivity contribution in [1.82, 2.24) is 0 Å². The van der Waals surface area contributed by atoms with Crippen LogP contribution in [0.1, 0.15) is 12.8 Å². The first-order valence-corrected chi connectivity index (χ1v) is 4.44. The summed E-state index contributed by atoms with van der Waals surface area (Å²) in [6.07, 6.45) is 2.35. The monoisotopic (exact) mass is 149 g/mol. The topological polar surface area (TPSA) is 57.5 Å². The highest BCUT2D eigenvalue weighted by atomic mass is 31.2. The van der Waals surface area contributed by atoms with E-state index < -0.39 is 7.60 Å². The Kier molecular flexibility index (Phi) is 3.78. The maximum absolute atomic E-state index is 10.1. The molecule has 0 aromatic heterocycles. The van der Waals surface area contributed by atoms with Gasteiger partial charge in [0, 0.05) is 0 Å². The van der Waals surface area contributed by atoms with Crippen molar-refractivity contribution in [3.05, 3.63) is 12.7 Å². The molecule has 0 saturated heterocycles. The van der Waals surface area contributed by atoms with Crippen LogP contribution in [0.25, 0.3) is 0 Å². The fourth-order valence-corrected chi connectivity index (χ4v) is 1.01. The summed E-state index contributed by atoms with van der Waals surface area (Å²) in [5.41, 5.74) is 0. The van der Waals surface area contributed by atoms with Crippen LogP contribution in [0.15, 0.2) is 6.08 Å². The molecule has 0 aromatic rings. The first kappa shape index (κ1) is 8.89. The van der Waals surface area contributed by atoms with Gasteiger partial charge in [0.25, 0.3) is 0 Å². The molecule has 0 amide bonds. The lowest BCUT2D eigenvalue weighted by Gasteiger charge is -1.99. The van der Waals surface area contributed by atoms with E-state index in [0.717, 1.165) is 0 Å². The van der Waals surface area contributed by atoms with Crippen molar-refractivity contribution in [2.75, 3.05) is 6.16 Å². The van der Waals surface area contributed by atoms with Crippen LogP contribution < -0.4 is 0 Å². The number of allylic oxidation sites excluding steroid dienone is 1. The standard InChI is InChI=1S/C5H10O3P/c1-2-3-4-5-9(6,7)8/h1-2H,3-5H2,(H2,6,7,8). The van der Waals surface area contributed by atoms with Crippen LogP contribution >= 0.6 is 7.60 Å². The average Bonchev–Trinajstić information content (AvgIpc) is 1.63. The van der Waals surface area contributed by atoms with E-state index in [1.807, 2.05) is 0 Å². The molecular weight excluding hydrogens is 139 g/mol. The van der Waals surface area contributed by atoms with Crippen molar-refractivity contribution in [1.29, 1.82) is 0 Å². The minimum atomic E-state index is -3.77. The summed E-state index contributed by atoms with van der Waals surface area (Å²) in [6, 6.07) is 0. The number of hydrogen-bond donors (Lipinski definition) is 2. The van der Waals surface area contributed by atoms with Gasteiger partial charge in [-0.15, -0.1) is 0 Å². The van der Waals surface area contributed by atoms with Gasteiger partial charge in [0.15, 0.2) is 0 Å². The summed E-state index contributed by atoms with van der Waals surface area (Å²) in [5, 5.41) is 0. The molecule has 53 valence electrons. The number of hydrogen-bond acceptors (Lipinski definition) is 1. The minimum absolute atomic E-state index is 0.0688. The van der Waals surface area contributed by atoms with E-state index in [-0.39, 0.29) is 6.16 Å². The molecule has 0 aliphatic heterocycles. The smallest absolute Gasteiger partial charge is 0.324 e. The second-order valence-electron chi connectivity index (χ2n) is 1.77. The Bertz CT molecular complexity index is 126. The Morgan fingerprint density at radius 2 is 2.11 bits per heavy atom. The molecule has 2 N–H and O–H groups in total. The minimum Gasteiger partial charge on any atom is -0.324 e. The predicted octanol–water partition coefficient (Wildman–Crippen LogP) is 0.933. The molecule has 0 rings (SSSR count). The molecule has 0 aliphatic rings. The fourth-order valence-electron chi connectivity index (χ4n) is 0.415. The van der Waals surface area contributed by atoms with Crippen molar-refractivity contribution in [3.8, 4) is 0 Å². The molecule has 0 spiro atoms. The summed E-state index contributed by atoms with van der Waals surface area (Å²) >= 11 is 0. The van der Waals surface area contributed by atoms with E-state index in [9.17, 15) is 4.57 Å². The first-order valence-electron chi connectivity index (χ1n) is 2.64. The zero-order valence-corrected chi connectivity index (χ0v) is 5.92. The normalized spacial score (nSPS) is 11.3. The number of rotatable bonds is 4. The van der Waals surface area contributed by atoms with Crippen LogP contribution in [-0.4, -0.2) is 15.9 Å². The molecule has 0 bridgehead atoms. The van der Waals surface area contributed by atoms with Crippen molar-refractivity contribution < 1.29 is 14.4 Å². The van der Waals surface area contributed by atoms with Gasteiger partial charge in [-0.1, -0.05) is 12.7 Å². The van der Waals surface area contributed by atoms with Crippen LogP contribution in [-0.2, 0) is 4.57 Å². The third kappa shape index (κ3) is 7.89. The Morgan fingerprint density at radius 3 is 2.44 bits per heavy atom. The van der Waals surface area contributed by atoms with Gasteiger partial charge in [-0.05, 0) is 12.8 Å². The van der Waals surface area contributed by atoms with Crippen LogP contribution in [0.5, 0.6) is 0 Å². The summed E-state index contributed by atoms with van der Waals surface area (Å²) in [5.74, 6) is 0. The van der Waals surface area contributed by atoms with Crippen LogP contribution in [0, 0.1) is 6.58 Å². The van der Waals surface area contributed by atoms with Gasteiger partial charge in [-0.3, -0.25) is 4.57 Å². The average molecular weight is 149 g/mol. The van der Waals surface area contributed by atoms with Gasteiger partial charge >= 0.3 is 7.60 Å². The van der Waals surface area contributed by atoms with Gasteiger partial charge in [0.1, 0.15) is 0 Å². The Hall–Kier alpha value is -0.110. The fraction of sp³-hybridized carbons (Fsp3) is 0.600. The van der Waals surface area contributed by atoms with Crippen molar-refractivity contribution in [3.63, 3.8) is 0 Å². The maximum atomic E-state index is 10.1.